The third-order valence-electron chi connectivity index (χ3n) is 4.68. The Balaban J connectivity index is 1.58. The smallest absolute Gasteiger partial charge is 0.159 e. The highest BCUT2D eigenvalue weighted by atomic mass is 19.1. The quantitative estimate of drug-likeness (QED) is 0.849. The molecule has 1 atom stereocenters. The number of nitrogens with zero attached hydrogens (tertiary/aromatic N) is 2. The highest BCUT2D eigenvalue weighted by molar-refractivity contribution is 5.94. The van der Waals surface area contributed by atoms with Crippen LogP contribution in [0.25, 0.3) is 0 Å². The normalized spacial score (nSPS) is 16.7. The number of aliphatic hydroxyl groups excluding tert-OH is 1. The molecular weight excluding hydrogens is 319 g/mol. The van der Waals surface area contributed by atoms with E-state index >= 15 is 0 Å². The Labute approximate surface area is 147 Å². The first-order chi connectivity index (χ1) is 12.0. The molecule has 1 aliphatic rings. The van der Waals surface area contributed by atoms with Gasteiger partial charge in [0.15, 0.2) is 5.78 Å². The second-order valence-corrected chi connectivity index (χ2v) is 6.44. The lowest BCUT2D eigenvalue weighted by Crippen LogP contribution is -2.47. The number of halogens is 1. The number of rotatable bonds is 5. The van der Waals surface area contributed by atoms with Gasteiger partial charge in [0.25, 0.3) is 0 Å². The van der Waals surface area contributed by atoms with Crippen molar-refractivity contribution in [2.24, 2.45) is 0 Å². The van der Waals surface area contributed by atoms with E-state index in [1.807, 2.05) is 35.2 Å². The molecule has 0 amide bonds. The summed E-state index contributed by atoms with van der Waals surface area (Å²) in [5.74, 6) is -0.490. The van der Waals surface area contributed by atoms with Crippen molar-refractivity contribution in [3.63, 3.8) is 0 Å². The molecule has 5 heteroatoms. The molecule has 3 rings (SSSR count). The number of aliphatic hydroxyl groups is 1. The van der Waals surface area contributed by atoms with Gasteiger partial charge < -0.3 is 10.0 Å². The van der Waals surface area contributed by atoms with Crippen molar-refractivity contribution in [2.45, 2.75) is 13.0 Å². The summed E-state index contributed by atoms with van der Waals surface area (Å²) in [5, 5.41) is 10.3. The van der Waals surface area contributed by atoms with Gasteiger partial charge in [0, 0.05) is 38.3 Å². The summed E-state index contributed by atoms with van der Waals surface area (Å²) < 4.78 is 14.3. The molecule has 2 aromatic carbocycles. The van der Waals surface area contributed by atoms with Gasteiger partial charge in [-0.3, -0.25) is 9.69 Å². The van der Waals surface area contributed by atoms with Crippen LogP contribution in [0.15, 0.2) is 48.5 Å². The molecule has 132 valence electrons. The van der Waals surface area contributed by atoms with Gasteiger partial charge in [0.05, 0.1) is 11.8 Å². The molecular formula is C20H23FN2O2. The van der Waals surface area contributed by atoms with Crippen LogP contribution in [0.2, 0.25) is 0 Å². The van der Waals surface area contributed by atoms with E-state index in [-0.39, 0.29) is 11.6 Å². The summed E-state index contributed by atoms with van der Waals surface area (Å²) in [4.78, 5) is 15.5. The molecule has 1 fully saturated rings. The molecule has 4 nitrogen and oxygen atoms in total. The van der Waals surface area contributed by atoms with Crippen LogP contribution in [-0.4, -0.2) is 48.5 Å². The van der Waals surface area contributed by atoms with Gasteiger partial charge >= 0.3 is 0 Å². The van der Waals surface area contributed by atoms with E-state index in [1.54, 1.807) is 12.1 Å². The Kier molecular flexibility index (Phi) is 5.46. The van der Waals surface area contributed by atoms with Crippen LogP contribution >= 0.6 is 0 Å². The predicted octanol–water partition coefficient (Wildman–Crippen LogP) is 2.88. The van der Waals surface area contributed by atoms with E-state index in [0.717, 1.165) is 18.7 Å². The molecule has 0 spiro atoms. The van der Waals surface area contributed by atoms with Crippen molar-refractivity contribution in [2.75, 3.05) is 37.6 Å². The van der Waals surface area contributed by atoms with E-state index < -0.39 is 6.10 Å². The van der Waals surface area contributed by atoms with Crippen LogP contribution in [0.3, 0.4) is 0 Å². The number of Topliss-reactive ketones (excluding diaryl/α,β-unsaturated/α-hetero) is 1. The van der Waals surface area contributed by atoms with Gasteiger partial charge in [-0.15, -0.1) is 0 Å². The number of piperazine rings is 1. The van der Waals surface area contributed by atoms with Crippen molar-refractivity contribution in [3.8, 4) is 0 Å². The van der Waals surface area contributed by atoms with Crippen molar-refractivity contribution >= 4 is 11.5 Å². The second kappa shape index (κ2) is 7.76. The number of carbonyl (C=O) groups is 1. The minimum Gasteiger partial charge on any atom is -0.387 e. The zero-order valence-corrected chi connectivity index (χ0v) is 14.4. The van der Waals surface area contributed by atoms with Crippen LogP contribution in [0, 0.1) is 5.82 Å². The molecule has 1 aliphatic heterocycles. The van der Waals surface area contributed by atoms with E-state index in [4.69, 9.17) is 0 Å². The molecule has 2 aromatic rings. The van der Waals surface area contributed by atoms with E-state index in [0.29, 0.717) is 30.9 Å². The molecule has 0 bridgehead atoms. The number of benzene rings is 2. The number of β-amino-alcohol motifs (C(OH)–C–C–N with tert-alkyl or cyclic N) is 1. The first kappa shape index (κ1) is 17.6. The highest BCUT2D eigenvalue weighted by Crippen LogP contribution is 2.23. The zero-order chi connectivity index (χ0) is 17.8. The van der Waals surface area contributed by atoms with Crippen LogP contribution in [0.5, 0.6) is 0 Å². The molecule has 1 saturated heterocycles. The molecule has 1 heterocycles. The summed E-state index contributed by atoms with van der Waals surface area (Å²) in [7, 11) is 0. The Morgan fingerprint density at radius 3 is 2.40 bits per heavy atom. The molecule has 1 N–H and O–H groups in total. The molecule has 25 heavy (non-hydrogen) atoms. The van der Waals surface area contributed by atoms with E-state index in [1.165, 1.54) is 13.0 Å². The molecule has 0 aliphatic carbocycles. The molecule has 0 aromatic heterocycles. The maximum atomic E-state index is 14.3. The van der Waals surface area contributed by atoms with Crippen molar-refractivity contribution in [3.05, 3.63) is 65.5 Å². The lowest BCUT2D eigenvalue weighted by atomic mass is 10.1. The Morgan fingerprint density at radius 2 is 1.80 bits per heavy atom. The summed E-state index contributed by atoms with van der Waals surface area (Å²) >= 11 is 0. The SMILES string of the molecule is CC(=O)c1ccc(N2CCN(CC(O)c3ccccc3)CC2)c(F)c1. The van der Waals surface area contributed by atoms with Gasteiger partial charge in [-0.25, -0.2) is 4.39 Å². The van der Waals surface area contributed by atoms with Crippen molar-refractivity contribution in [1.29, 1.82) is 0 Å². The first-order valence-corrected chi connectivity index (χ1v) is 8.55. The highest BCUT2D eigenvalue weighted by Gasteiger charge is 2.22. The number of anilines is 1. The maximum absolute atomic E-state index is 14.3. The van der Waals surface area contributed by atoms with Crippen LogP contribution in [0.1, 0.15) is 28.9 Å². The number of hydrogen-bond acceptors (Lipinski definition) is 4. The predicted molar refractivity (Wildman–Crippen MR) is 96.5 cm³/mol. The van der Waals surface area contributed by atoms with Crippen molar-refractivity contribution in [1.82, 2.24) is 4.90 Å². The lowest BCUT2D eigenvalue weighted by Gasteiger charge is -2.37. The van der Waals surface area contributed by atoms with Crippen LogP contribution in [-0.2, 0) is 0 Å². The first-order valence-electron chi connectivity index (χ1n) is 8.55. The minimum atomic E-state index is -0.515. The standard InChI is InChI=1S/C20H23FN2O2/c1-15(24)17-7-8-19(18(21)13-17)23-11-9-22(10-12-23)14-20(25)16-5-3-2-4-6-16/h2-8,13,20,25H,9-12,14H2,1H3. The Morgan fingerprint density at radius 1 is 1.12 bits per heavy atom. The molecule has 0 radical (unpaired) electrons. The van der Waals surface area contributed by atoms with Gasteiger partial charge in [-0.2, -0.15) is 0 Å². The average molecular weight is 342 g/mol. The zero-order valence-electron chi connectivity index (χ0n) is 14.4. The summed E-state index contributed by atoms with van der Waals surface area (Å²) in [6.45, 7) is 4.92. The van der Waals surface area contributed by atoms with E-state index in [2.05, 4.69) is 4.90 Å². The largest absolute Gasteiger partial charge is 0.387 e. The maximum Gasteiger partial charge on any atom is 0.159 e. The van der Waals surface area contributed by atoms with Gasteiger partial charge in [-0.1, -0.05) is 30.3 Å². The Bertz CT molecular complexity index is 728. The summed E-state index contributed by atoms with van der Waals surface area (Å²) in [6.07, 6.45) is -0.515. The molecule has 0 saturated carbocycles. The minimum absolute atomic E-state index is 0.134. The van der Waals surface area contributed by atoms with Gasteiger partial charge in [0.2, 0.25) is 0 Å². The topological polar surface area (TPSA) is 43.8 Å². The number of ketones is 1. The monoisotopic (exact) mass is 342 g/mol. The Hall–Kier alpha value is -2.24. The fourth-order valence-corrected chi connectivity index (χ4v) is 3.18. The summed E-state index contributed by atoms with van der Waals surface area (Å²) in [6, 6.07) is 14.3. The fraction of sp³-hybridized carbons (Fsp3) is 0.350. The number of carbonyl (C=O) groups excluding carboxylic acids is 1. The lowest BCUT2D eigenvalue weighted by molar-refractivity contribution is 0.101. The molecule has 1 unspecified atom stereocenters. The second-order valence-electron chi connectivity index (χ2n) is 6.44. The number of hydrogen-bond donors (Lipinski definition) is 1. The third kappa shape index (κ3) is 4.24. The fourth-order valence-electron chi connectivity index (χ4n) is 3.18. The van der Waals surface area contributed by atoms with Crippen LogP contribution in [0.4, 0.5) is 10.1 Å². The summed E-state index contributed by atoms with van der Waals surface area (Å²) in [5.41, 5.74) is 1.84. The average Bonchev–Trinajstić information content (AvgIpc) is 2.63. The van der Waals surface area contributed by atoms with Gasteiger partial charge in [0.1, 0.15) is 5.82 Å². The van der Waals surface area contributed by atoms with E-state index in [9.17, 15) is 14.3 Å². The van der Waals surface area contributed by atoms with Crippen LogP contribution < -0.4 is 4.90 Å². The van der Waals surface area contributed by atoms with Gasteiger partial charge in [-0.05, 0) is 30.7 Å². The van der Waals surface area contributed by atoms with Crippen molar-refractivity contribution < 1.29 is 14.3 Å². The third-order valence-corrected chi connectivity index (χ3v) is 4.68.